The summed E-state index contributed by atoms with van der Waals surface area (Å²) < 4.78 is 37.9. The lowest BCUT2D eigenvalue weighted by Gasteiger charge is -2.18. The zero-order valence-corrected chi connectivity index (χ0v) is 17.7. The molecular weight excluding hydrogens is 415 g/mol. The van der Waals surface area contributed by atoms with E-state index in [1.807, 2.05) is 37.3 Å². The van der Waals surface area contributed by atoms with E-state index in [9.17, 15) is 13.2 Å². The molecular formula is C24H24F3N5. The molecule has 0 saturated carbocycles. The van der Waals surface area contributed by atoms with Crippen LogP contribution in [0.4, 0.5) is 41.6 Å². The smallest absolute Gasteiger partial charge is 0.372 e. The third kappa shape index (κ3) is 5.38. The first-order valence-corrected chi connectivity index (χ1v) is 10.5. The molecule has 2 N–H and O–H groups in total. The van der Waals surface area contributed by atoms with E-state index >= 15 is 0 Å². The van der Waals surface area contributed by atoms with Crippen molar-refractivity contribution in [1.82, 2.24) is 0 Å². The summed E-state index contributed by atoms with van der Waals surface area (Å²) in [5.41, 5.74) is 10.6. The summed E-state index contributed by atoms with van der Waals surface area (Å²) in [6.07, 6.45) is -1.86. The van der Waals surface area contributed by atoms with E-state index in [0.717, 1.165) is 42.2 Å². The van der Waals surface area contributed by atoms with Gasteiger partial charge in [0.1, 0.15) is 0 Å². The van der Waals surface area contributed by atoms with Gasteiger partial charge in [-0.1, -0.05) is 0 Å². The minimum absolute atomic E-state index is 0.360. The number of hydrazine groups is 1. The topological polar surface area (TPSA) is 52.0 Å². The lowest BCUT2D eigenvalue weighted by atomic mass is 10.2. The summed E-state index contributed by atoms with van der Waals surface area (Å²) in [5.74, 6) is 0. The minimum Gasteiger partial charge on any atom is -0.372 e. The Morgan fingerprint density at radius 2 is 1.41 bits per heavy atom. The van der Waals surface area contributed by atoms with Crippen molar-refractivity contribution in [3.05, 3.63) is 77.9 Å². The molecule has 8 heteroatoms. The molecule has 1 saturated heterocycles. The first-order valence-electron chi connectivity index (χ1n) is 10.5. The Morgan fingerprint density at radius 1 is 0.781 bits per heavy atom. The zero-order chi connectivity index (χ0) is 22.6. The number of benzene rings is 3. The molecule has 0 aliphatic carbocycles. The van der Waals surface area contributed by atoms with Crippen molar-refractivity contribution in [3.63, 3.8) is 0 Å². The van der Waals surface area contributed by atoms with E-state index in [1.54, 1.807) is 0 Å². The summed E-state index contributed by atoms with van der Waals surface area (Å²) in [6.45, 7) is 4.14. The SMILES string of the molecule is Cc1cc(NNc2ccc(N3CCCC3)cc2)ccc1/N=N/c1ccc(C(F)(F)F)cc1. The van der Waals surface area contributed by atoms with E-state index in [0.29, 0.717) is 11.4 Å². The molecule has 0 spiro atoms. The Bertz CT molecular complexity index is 1070. The Labute approximate surface area is 185 Å². The molecule has 0 radical (unpaired) electrons. The van der Waals surface area contributed by atoms with Gasteiger partial charge in [0.15, 0.2) is 0 Å². The second-order valence-corrected chi connectivity index (χ2v) is 7.74. The third-order valence-electron chi connectivity index (χ3n) is 5.35. The van der Waals surface area contributed by atoms with Gasteiger partial charge in [0.25, 0.3) is 0 Å². The van der Waals surface area contributed by atoms with Crippen LogP contribution in [0.2, 0.25) is 0 Å². The maximum Gasteiger partial charge on any atom is 0.416 e. The van der Waals surface area contributed by atoms with Crippen LogP contribution in [0.25, 0.3) is 0 Å². The Kier molecular flexibility index (Phi) is 6.30. The average molecular weight is 439 g/mol. The van der Waals surface area contributed by atoms with Crippen LogP contribution < -0.4 is 15.8 Å². The largest absolute Gasteiger partial charge is 0.416 e. The molecule has 166 valence electrons. The normalized spacial score (nSPS) is 14.2. The van der Waals surface area contributed by atoms with Gasteiger partial charge in [0.2, 0.25) is 0 Å². The molecule has 3 aromatic rings. The quantitative estimate of drug-likeness (QED) is 0.309. The third-order valence-corrected chi connectivity index (χ3v) is 5.35. The predicted octanol–water partition coefficient (Wildman–Crippen LogP) is 7.47. The van der Waals surface area contributed by atoms with E-state index in [4.69, 9.17) is 0 Å². The van der Waals surface area contributed by atoms with Crippen LogP contribution in [0.5, 0.6) is 0 Å². The molecule has 3 aromatic carbocycles. The maximum absolute atomic E-state index is 12.6. The van der Waals surface area contributed by atoms with Gasteiger partial charge in [0, 0.05) is 18.8 Å². The van der Waals surface area contributed by atoms with Gasteiger partial charge in [-0.3, -0.25) is 0 Å². The summed E-state index contributed by atoms with van der Waals surface area (Å²) in [7, 11) is 0. The fourth-order valence-electron chi connectivity index (χ4n) is 3.55. The molecule has 5 nitrogen and oxygen atoms in total. The fourth-order valence-corrected chi connectivity index (χ4v) is 3.55. The van der Waals surface area contributed by atoms with Crippen molar-refractivity contribution >= 4 is 28.4 Å². The number of azo groups is 1. The van der Waals surface area contributed by atoms with Crippen LogP contribution in [-0.2, 0) is 6.18 Å². The van der Waals surface area contributed by atoms with Crippen LogP contribution in [0.1, 0.15) is 24.0 Å². The van der Waals surface area contributed by atoms with Gasteiger partial charge in [-0.05, 0) is 92.1 Å². The highest BCUT2D eigenvalue weighted by Crippen LogP contribution is 2.31. The van der Waals surface area contributed by atoms with Crippen molar-refractivity contribution in [1.29, 1.82) is 0 Å². The van der Waals surface area contributed by atoms with Crippen molar-refractivity contribution in [2.45, 2.75) is 25.9 Å². The zero-order valence-electron chi connectivity index (χ0n) is 17.7. The molecule has 0 amide bonds. The van der Waals surface area contributed by atoms with E-state index in [2.05, 4.69) is 38.1 Å². The van der Waals surface area contributed by atoms with Gasteiger partial charge in [-0.15, -0.1) is 0 Å². The lowest BCUT2D eigenvalue weighted by Crippen LogP contribution is -2.17. The Hall–Kier alpha value is -3.55. The van der Waals surface area contributed by atoms with Gasteiger partial charge in [-0.25, -0.2) is 0 Å². The molecule has 1 heterocycles. The first-order chi connectivity index (χ1) is 15.4. The number of halogens is 3. The predicted molar refractivity (Wildman–Crippen MR) is 122 cm³/mol. The molecule has 0 atom stereocenters. The number of nitrogens with zero attached hydrogens (tertiary/aromatic N) is 3. The molecule has 0 aromatic heterocycles. The number of hydrogen-bond acceptors (Lipinski definition) is 5. The number of aryl methyl sites for hydroxylation is 1. The van der Waals surface area contributed by atoms with Crippen LogP contribution in [0.15, 0.2) is 77.0 Å². The number of alkyl halides is 3. The molecule has 1 aliphatic rings. The van der Waals surface area contributed by atoms with E-state index in [-0.39, 0.29) is 0 Å². The molecule has 1 aliphatic heterocycles. The van der Waals surface area contributed by atoms with Gasteiger partial charge >= 0.3 is 6.18 Å². The molecule has 1 fully saturated rings. The lowest BCUT2D eigenvalue weighted by molar-refractivity contribution is -0.137. The van der Waals surface area contributed by atoms with Gasteiger partial charge in [-0.2, -0.15) is 23.4 Å². The van der Waals surface area contributed by atoms with Crippen LogP contribution >= 0.6 is 0 Å². The second-order valence-electron chi connectivity index (χ2n) is 7.74. The molecule has 0 unspecified atom stereocenters. The Balaban J connectivity index is 1.35. The average Bonchev–Trinajstić information content (AvgIpc) is 3.32. The van der Waals surface area contributed by atoms with Crippen molar-refractivity contribution < 1.29 is 13.2 Å². The van der Waals surface area contributed by atoms with Crippen LogP contribution in [0, 0.1) is 6.92 Å². The highest BCUT2D eigenvalue weighted by molar-refractivity contribution is 5.61. The molecule has 4 rings (SSSR count). The number of anilines is 3. The van der Waals surface area contributed by atoms with Crippen molar-refractivity contribution in [2.24, 2.45) is 10.2 Å². The highest BCUT2D eigenvalue weighted by atomic mass is 19.4. The minimum atomic E-state index is -4.36. The molecule has 0 bridgehead atoms. The standard InChI is InChI=1S/C24H24F3N5/c1-17-16-21(30-28-20-8-11-22(12-9-20)32-14-2-3-15-32)10-13-23(17)31-29-19-6-4-18(5-7-19)24(25,26)27/h4-13,16,28,30H,2-3,14-15H2,1H3/b31-29+. The summed E-state index contributed by atoms with van der Waals surface area (Å²) in [6, 6.07) is 18.5. The van der Waals surface area contributed by atoms with Crippen LogP contribution in [0.3, 0.4) is 0 Å². The number of hydrogen-bond donors (Lipinski definition) is 2. The van der Waals surface area contributed by atoms with Crippen molar-refractivity contribution in [2.75, 3.05) is 28.8 Å². The highest BCUT2D eigenvalue weighted by Gasteiger charge is 2.29. The van der Waals surface area contributed by atoms with Gasteiger partial charge < -0.3 is 15.8 Å². The summed E-state index contributed by atoms with van der Waals surface area (Å²) >= 11 is 0. The maximum atomic E-state index is 12.6. The molecule has 32 heavy (non-hydrogen) atoms. The van der Waals surface area contributed by atoms with E-state index in [1.165, 1.54) is 30.7 Å². The van der Waals surface area contributed by atoms with Crippen molar-refractivity contribution in [3.8, 4) is 0 Å². The summed E-state index contributed by atoms with van der Waals surface area (Å²) in [5, 5.41) is 8.21. The first kappa shape index (κ1) is 21.7. The number of rotatable bonds is 6. The second kappa shape index (κ2) is 9.30. The van der Waals surface area contributed by atoms with Crippen LogP contribution in [-0.4, -0.2) is 13.1 Å². The fraction of sp³-hybridized carbons (Fsp3) is 0.250. The Morgan fingerprint density at radius 3 is 2.03 bits per heavy atom. The van der Waals surface area contributed by atoms with Gasteiger partial charge in [0.05, 0.1) is 28.3 Å². The number of nitrogens with one attached hydrogen (secondary N) is 2. The monoisotopic (exact) mass is 439 g/mol. The van der Waals surface area contributed by atoms with E-state index < -0.39 is 11.7 Å². The summed E-state index contributed by atoms with van der Waals surface area (Å²) in [4.78, 5) is 2.39.